The lowest BCUT2D eigenvalue weighted by Gasteiger charge is -2.34. The summed E-state index contributed by atoms with van der Waals surface area (Å²) in [6, 6.07) is 1.78. The van der Waals surface area contributed by atoms with Gasteiger partial charge in [-0.15, -0.1) is 0 Å². The number of methoxy groups -OCH3 is 2. The molecule has 1 unspecified atom stereocenters. The Balaban J connectivity index is 2.05. The number of hydrogen-bond donors (Lipinski definition) is 0. The highest BCUT2D eigenvalue weighted by molar-refractivity contribution is 5.56. The maximum atomic E-state index is 9.50. The van der Waals surface area contributed by atoms with Crippen LogP contribution in [0.2, 0.25) is 0 Å². The third-order valence-electron chi connectivity index (χ3n) is 4.84. The van der Waals surface area contributed by atoms with Gasteiger partial charge in [0.1, 0.15) is 6.04 Å². The highest BCUT2D eigenvalue weighted by Crippen LogP contribution is 2.33. The van der Waals surface area contributed by atoms with Crippen LogP contribution in [0.15, 0.2) is 28.5 Å². The van der Waals surface area contributed by atoms with Crippen LogP contribution in [0.3, 0.4) is 0 Å². The van der Waals surface area contributed by atoms with Crippen molar-refractivity contribution in [1.82, 2.24) is 9.80 Å². The van der Waals surface area contributed by atoms with Crippen molar-refractivity contribution in [2.75, 3.05) is 54.6 Å². The van der Waals surface area contributed by atoms with E-state index in [9.17, 15) is 5.26 Å². The summed E-state index contributed by atoms with van der Waals surface area (Å²) >= 11 is 0. The Morgan fingerprint density at radius 1 is 1.30 bits per heavy atom. The van der Waals surface area contributed by atoms with E-state index in [1.54, 1.807) is 26.6 Å². The zero-order valence-corrected chi connectivity index (χ0v) is 17.0. The second-order valence-corrected chi connectivity index (χ2v) is 7.10. The fourth-order valence-corrected chi connectivity index (χ4v) is 3.34. The maximum absolute atomic E-state index is 9.50. The van der Waals surface area contributed by atoms with Crippen LogP contribution in [-0.4, -0.2) is 82.5 Å². The normalized spacial score (nSPS) is 22.9. The lowest BCUT2D eigenvalue weighted by molar-refractivity contribution is -0.170. The predicted octanol–water partition coefficient (Wildman–Crippen LogP) is 2.17. The molecule has 27 heavy (non-hydrogen) atoms. The molecule has 0 saturated carbocycles. The van der Waals surface area contributed by atoms with Gasteiger partial charge in [-0.25, -0.2) is 0 Å². The number of nitrogens with zero attached hydrogens (tertiary/aromatic N) is 4. The predicted molar refractivity (Wildman–Crippen MR) is 105 cm³/mol. The first-order valence-electron chi connectivity index (χ1n) is 9.55. The summed E-state index contributed by atoms with van der Waals surface area (Å²) in [6.45, 7) is 3.95. The van der Waals surface area contributed by atoms with Gasteiger partial charge in [-0.2, -0.15) is 5.26 Å². The third kappa shape index (κ3) is 5.80. The molecule has 0 bridgehead atoms. The molecule has 1 fully saturated rings. The van der Waals surface area contributed by atoms with Crippen LogP contribution < -0.4 is 0 Å². The number of aliphatic imine (C=N–C) groups is 1. The minimum absolute atomic E-state index is 0.409. The topological polar surface area (TPSA) is 70.3 Å². The van der Waals surface area contributed by atoms with Gasteiger partial charge in [-0.1, -0.05) is 6.42 Å². The molecule has 2 rings (SSSR count). The fourth-order valence-electron chi connectivity index (χ4n) is 3.34. The van der Waals surface area contributed by atoms with Crippen LogP contribution >= 0.6 is 0 Å². The van der Waals surface area contributed by atoms with Gasteiger partial charge in [0.15, 0.2) is 5.76 Å². The van der Waals surface area contributed by atoms with Crippen LogP contribution in [0.4, 0.5) is 0 Å². The molecular formula is C20H32N4O3. The summed E-state index contributed by atoms with van der Waals surface area (Å²) in [5, 5.41) is 9.50. The molecule has 2 aliphatic rings. The van der Waals surface area contributed by atoms with Gasteiger partial charge >= 0.3 is 0 Å². The fraction of sp³-hybridized carbons (Fsp3) is 0.700. The van der Waals surface area contributed by atoms with Crippen LogP contribution in [0.25, 0.3) is 0 Å². The van der Waals surface area contributed by atoms with Crippen molar-refractivity contribution in [3.63, 3.8) is 0 Å². The van der Waals surface area contributed by atoms with E-state index in [1.165, 1.54) is 32.4 Å². The van der Waals surface area contributed by atoms with Crippen molar-refractivity contribution in [3.8, 4) is 6.07 Å². The molecule has 1 aliphatic heterocycles. The molecule has 0 aromatic heterocycles. The van der Waals surface area contributed by atoms with Crippen LogP contribution in [0.5, 0.6) is 0 Å². The number of nitriles is 1. The van der Waals surface area contributed by atoms with Gasteiger partial charge in [0, 0.05) is 34.9 Å². The van der Waals surface area contributed by atoms with Crippen molar-refractivity contribution >= 4 is 6.34 Å². The quantitative estimate of drug-likeness (QED) is 0.266. The molecule has 7 nitrogen and oxygen atoms in total. The number of piperidine rings is 1. The molecule has 150 valence electrons. The van der Waals surface area contributed by atoms with E-state index in [4.69, 9.17) is 14.2 Å². The average Bonchev–Trinajstić information content (AvgIpc) is 2.70. The summed E-state index contributed by atoms with van der Waals surface area (Å²) in [6.07, 6.45) is 10.0. The van der Waals surface area contributed by atoms with Crippen LogP contribution in [0.1, 0.15) is 25.7 Å². The van der Waals surface area contributed by atoms with E-state index in [0.717, 1.165) is 13.0 Å². The summed E-state index contributed by atoms with van der Waals surface area (Å²) in [4.78, 5) is 8.77. The number of rotatable bonds is 9. The minimum atomic E-state index is -1.18. The van der Waals surface area contributed by atoms with Crippen molar-refractivity contribution in [3.05, 3.63) is 23.5 Å². The van der Waals surface area contributed by atoms with E-state index in [-0.39, 0.29) is 0 Å². The Kier molecular flexibility index (Phi) is 8.29. The molecule has 0 radical (unpaired) electrons. The highest BCUT2D eigenvalue weighted by atomic mass is 16.7. The smallest absolute Gasteiger partial charge is 0.248 e. The first-order valence-corrected chi connectivity index (χ1v) is 9.55. The Hall–Kier alpha value is -1.88. The Bertz CT molecular complexity index is 597. The van der Waals surface area contributed by atoms with E-state index in [1.807, 2.05) is 25.1 Å². The zero-order valence-electron chi connectivity index (χ0n) is 17.0. The standard InChI is InChI=1S/C20H32N4O3/c1-23(2)16-22-18-13-19(20(25-3,26-4)14-17(18)15-21)27-12-8-11-24-9-6-5-7-10-24/h13-14,16,18H,5-12H2,1-4H3/b22-16-. The zero-order chi connectivity index (χ0) is 19.7. The van der Waals surface area contributed by atoms with E-state index in [0.29, 0.717) is 17.9 Å². The third-order valence-corrected chi connectivity index (χ3v) is 4.84. The first-order chi connectivity index (χ1) is 13.0. The van der Waals surface area contributed by atoms with Crippen molar-refractivity contribution in [2.24, 2.45) is 4.99 Å². The lowest BCUT2D eigenvalue weighted by atomic mass is 9.96. The summed E-state index contributed by atoms with van der Waals surface area (Å²) in [5.41, 5.74) is 0.470. The molecule has 0 aromatic rings. The second-order valence-electron chi connectivity index (χ2n) is 7.10. The highest BCUT2D eigenvalue weighted by Gasteiger charge is 2.40. The molecule has 1 aliphatic carbocycles. The molecule has 1 saturated heterocycles. The molecular weight excluding hydrogens is 344 g/mol. The van der Waals surface area contributed by atoms with Crippen LogP contribution in [-0.2, 0) is 14.2 Å². The van der Waals surface area contributed by atoms with Gasteiger partial charge in [-0.05, 0) is 44.5 Å². The maximum Gasteiger partial charge on any atom is 0.248 e. The van der Waals surface area contributed by atoms with Gasteiger partial charge in [-0.3, -0.25) is 4.99 Å². The van der Waals surface area contributed by atoms with E-state index < -0.39 is 11.8 Å². The van der Waals surface area contributed by atoms with Crippen molar-refractivity contribution in [1.29, 1.82) is 5.26 Å². The van der Waals surface area contributed by atoms with Gasteiger partial charge in [0.25, 0.3) is 0 Å². The number of likely N-dealkylation sites (tertiary alicyclic amines) is 1. The molecule has 7 heteroatoms. The lowest BCUT2D eigenvalue weighted by Crippen LogP contribution is -2.39. The summed E-state index contributed by atoms with van der Waals surface area (Å²) < 4.78 is 17.2. The SMILES string of the molecule is COC1(OC)C=C(C#N)C(/N=C\N(C)C)C=C1OCCCN1CCCCC1. The number of hydrogen-bond acceptors (Lipinski definition) is 6. The Labute approximate surface area is 162 Å². The average molecular weight is 377 g/mol. The Morgan fingerprint density at radius 3 is 2.59 bits per heavy atom. The summed E-state index contributed by atoms with van der Waals surface area (Å²) in [7, 11) is 6.86. The van der Waals surface area contributed by atoms with Crippen molar-refractivity contribution in [2.45, 2.75) is 37.5 Å². The van der Waals surface area contributed by atoms with Gasteiger partial charge < -0.3 is 24.0 Å². The van der Waals surface area contributed by atoms with Gasteiger partial charge in [0.2, 0.25) is 5.79 Å². The summed E-state index contributed by atoms with van der Waals surface area (Å²) in [5.74, 6) is -0.633. The molecule has 0 amide bonds. The number of ether oxygens (including phenoxy) is 3. The first kappa shape index (κ1) is 21.4. The van der Waals surface area contributed by atoms with E-state index in [2.05, 4.69) is 16.0 Å². The minimum Gasteiger partial charge on any atom is -0.492 e. The van der Waals surface area contributed by atoms with Gasteiger partial charge in [0.05, 0.1) is 24.6 Å². The molecule has 0 aromatic carbocycles. The molecule has 0 N–H and O–H groups in total. The van der Waals surface area contributed by atoms with Crippen LogP contribution in [0, 0.1) is 11.3 Å². The second kappa shape index (κ2) is 10.5. The molecule has 1 heterocycles. The molecule has 0 spiro atoms. The largest absolute Gasteiger partial charge is 0.492 e. The Morgan fingerprint density at radius 2 is 2.00 bits per heavy atom. The molecule has 1 atom stereocenters. The monoisotopic (exact) mass is 376 g/mol. The van der Waals surface area contributed by atoms with Crippen molar-refractivity contribution < 1.29 is 14.2 Å². The van der Waals surface area contributed by atoms with E-state index >= 15 is 0 Å².